The van der Waals surface area contributed by atoms with Crippen LogP contribution in [0.4, 0.5) is 5.69 Å². The van der Waals surface area contributed by atoms with Gasteiger partial charge in [-0.25, -0.2) is 4.98 Å². The summed E-state index contributed by atoms with van der Waals surface area (Å²) in [6.45, 7) is 3.10. The highest BCUT2D eigenvalue weighted by Gasteiger charge is 2.22. The number of fused-ring (bicyclic) bond motifs is 1. The molecule has 0 spiro atoms. The molecule has 112 valence electrons. The maximum Gasteiger partial charge on any atom is 0.115 e. The Morgan fingerprint density at radius 2 is 2.00 bits per heavy atom. The van der Waals surface area contributed by atoms with E-state index in [1.807, 2.05) is 11.3 Å². The van der Waals surface area contributed by atoms with Crippen molar-refractivity contribution in [1.29, 1.82) is 0 Å². The predicted octanol–water partition coefficient (Wildman–Crippen LogP) is 3.40. The molecule has 1 unspecified atom stereocenters. The van der Waals surface area contributed by atoms with Crippen LogP contribution in [0.2, 0.25) is 0 Å². The van der Waals surface area contributed by atoms with E-state index in [0.717, 1.165) is 13.0 Å². The van der Waals surface area contributed by atoms with Gasteiger partial charge in [-0.2, -0.15) is 0 Å². The van der Waals surface area contributed by atoms with Crippen LogP contribution in [0.25, 0.3) is 0 Å². The minimum absolute atomic E-state index is 0.224. The number of anilines is 1. The molecule has 0 fully saturated rings. The highest BCUT2D eigenvalue weighted by molar-refractivity contribution is 7.11. The van der Waals surface area contributed by atoms with Crippen molar-refractivity contribution in [2.75, 3.05) is 25.5 Å². The van der Waals surface area contributed by atoms with Crippen LogP contribution in [-0.2, 0) is 12.8 Å². The molecule has 0 radical (unpaired) electrons. The van der Waals surface area contributed by atoms with Gasteiger partial charge in [-0.3, -0.25) is 0 Å². The Morgan fingerprint density at radius 1 is 1.24 bits per heavy atom. The van der Waals surface area contributed by atoms with Crippen molar-refractivity contribution in [3.05, 3.63) is 45.4 Å². The van der Waals surface area contributed by atoms with Gasteiger partial charge in [0.15, 0.2) is 0 Å². The van der Waals surface area contributed by atoms with Gasteiger partial charge in [0.05, 0.1) is 11.7 Å². The first-order valence-electron chi connectivity index (χ1n) is 7.68. The molecule has 3 nitrogen and oxygen atoms in total. The number of hydrogen-bond donors (Lipinski definition) is 1. The first-order chi connectivity index (χ1) is 10.2. The fraction of sp³-hybridized carbons (Fsp3) is 0.471. The van der Waals surface area contributed by atoms with Gasteiger partial charge in [-0.15, -0.1) is 11.3 Å². The lowest BCUT2D eigenvalue weighted by atomic mass is 10.1. The second kappa shape index (κ2) is 6.16. The third kappa shape index (κ3) is 2.97. The van der Waals surface area contributed by atoms with Crippen molar-refractivity contribution < 1.29 is 0 Å². The van der Waals surface area contributed by atoms with Gasteiger partial charge < -0.3 is 10.2 Å². The van der Waals surface area contributed by atoms with Gasteiger partial charge in [0.25, 0.3) is 0 Å². The summed E-state index contributed by atoms with van der Waals surface area (Å²) >= 11 is 1.89. The molecule has 3 rings (SSSR count). The van der Waals surface area contributed by atoms with Gasteiger partial charge in [0, 0.05) is 24.7 Å². The molecule has 1 heterocycles. The van der Waals surface area contributed by atoms with Gasteiger partial charge in [-0.1, -0.05) is 19.1 Å². The van der Waals surface area contributed by atoms with E-state index in [9.17, 15) is 0 Å². The van der Waals surface area contributed by atoms with E-state index in [4.69, 9.17) is 4.98 Å². The van der Waals surface area contributed by atoms with Crippen LogP contribution in [0.1, 0.15) is 40.5 Å². The molecule has 1 aliphatic rings. The largest absolute Gasteiger partial charge is 0.378 e. The van der Waals surface area contributed by atoms with E-state index in [-0.39, 0.29) is 6.04 Å². The molecule has 1 aromatic carbocycles. The first-order valence-corrected chi connectivity index (χ1v) is 8.50. The zero-order valence-electron chi connectivity index (χ0n) is 13.0. The second-order valence-electron chi connectivity index (χ2n) is 5.75. The number of nitrogens with zero attached hydrogens (tertiary/aromatic N) is 2. The van der Waals surface area contributed by atoms with Crippen molar-refractivity contribution in [2.24, 2.45) is 0 Å². The summed E-state index contributed by atoms with van der Waals surface area (Å²) in [5.41, 5.74) is 3.87. The highest BCUT2D eigenvalue weighted by atomic mass is 32.1. The molecule has 1 atom stereocenters. The molecule has 0 saturated heterocycles. The van der Waals surface area contributed by atoms with E-state index < -0.39 is 0 Å². The van der Waals surface area contributed by atoms with Crippen molar-refractivity contribution in [3.63, 3.8) is 0 Å². The number of hydrogen-bond acceptors (Lipinski definition) is 4. The molecule has 2 aromatic rings. The minimum Gasteiger partial charge on any atom is -0.378 e. The van der Waals surface area contributed by atoms with Crippen LogP contribution in [0.15, 0.2) is 24.3 Å². The molecule has 1 N–H and O–H groups in total. The van der Waals surface area contributed by atoms with Gasteiger partial charge >= 0.3 is 0 Å². The highest BCUT2D eigenvalue weighted by Crippen LogP contribution is 2.33. The summed E-state index contributed by atoms with van der Waals surface area (Å²) in [4.78, 5) is 8.52. The van der Waals surface area contributed by atoms with Crippen LogP contribution in [0.5, 0.6) is 0 Å². The monoisotopic (exact) mass is 301 g/mol. The number of thiazole rings is 1. The lowest BCUT2D eigenvalue weighted by molar-refractivity contribution is 0.625. The minimum atomic E-state index is 0.224. The van der Waals surface area contributed by atoms with Crippen LogP contribution in [0, 0.1) is 0 Å². The Balaban J connectivity index is 1.89. The second-order valence-corrected chi connectivity index (χ2v) is 6.87. The van der Waals surface area contributed by atoms with E-state index in [1.54, 1.807) is 0 Å². The molecule has 0 saturated carbocycles. The predicted molar refractivity (Wildman–Crippen MR) is 90.4 cm³/mol. The van der Waals surface area contributed by atoms with Gasteiger partial charge in [0.2, 0.25) is 0 Å². The summed E-state index contributed by atoms with van der Waals surface area (Å²) in [5, 5.41) is 4.81. The zero-order valence-corrected chi connectivity index (χ0v) is 13.8. The first kappa shape index (κ1) is 14.5. The number of benzene rings is 1. The Morgan fingerprint density at radius 3 is 2.62 bits per heavy atom. The maximum atomic E-state index is 4.89. The lowest BCUT2D eigenvalue weighted by Gasteiger charge is -2.18. The Labute approximate surface area is 131 Å². The SMILES string of the molecule is CCNC(c1ccc(N(C)C)cc1)c1nc2c(s1)CCC2. The third-order valence-corrected chi connectivity index (χ3v) is 5.23. The average molecular weight is 301 g/mol. The molecule has 1 aromatic heterocycles. The van der Waals surface area contributed by atoms with E-state index in [1.165, 1.54) is 39.7 Å². The molecule has 21 heavy (non-hydrogen) atoms. The number of rotatable bonds is 5. The van der Waals surface area contributed by atoms with Gasteiger partial charge in [0.1, 0.15) is 5.01 Å². The standard InChI is InChI=1S/C17H23N3S/c1-4-18-16(12-8-10-13(11-9-12)20(2)3)17-19-14-6-5-7-15(14)21-17/h8-11,16,18H,4-7H2,1-3H3. The van der Waals surface area contributed by atoms with E-state index >= 15 is 0 Å². The van der Waals surface area contributed by atoms with Crippen molar-refractivity contribution in [2.45, 2.75) is 32.2 Å². The Hall–Kier alpha value is -1.39. The smallest absolute Gasteiger partial charge is 0.115 e. The van der Waals surface area contributed by atoms with Gasteiger partial charge in [-0.05, 0) is 43.5 Å². The number of aryl methyl sites for hydroxylation is 2. The quantitative estimate of drug-likeness (QED) is 0.917. The Kier molecular flexibility index (Phi) is 4.27. The van der Waals surface area contributed by atoms with Crippen LogP contribution >= 0.6 is 11.3 Å². The fourth-order valence-electron chi connectivity index (χ4n) is 2.85. The molecular formula is C17H23N3S. The summed E-state index contributed by atoms with van der Waals surface area (Å²) in [6.07, 6.45) is 3.65. The summed E-state index contributed by atoms with van der Waals surface area (Å²) in [7, 11) is 4.14. The van der Waals surface area contributed by atoms with E-state index in [2.05, 4.69) is 55.5 Å². The van der Waals surface area contributed by atoms with Crippen LogP contribution in [-0.4, -0.2) is 25.6 Å². The van der Waals surface area contributed by atoms with Crippen molar-refractivity contribution in [3.8, 4) is 0 Å². The van der Waals surface area contributed by atoms with Crippen molar-refractivity contribution in [1.82, 2.24) is 10.3 Å². The maximum absolute atomic E-state index is 4.89. The molecule has 0 amide bonds. The third-order valence-electron chi connectivity index (χ3n) is 4.01. The normalized spacial score (nSPS) is 15.0. The lowest BCUT2D eigenvalue weighted by Crippen LogP contribution is -2.22. The van der Waals surface area contributed by atoms with Crippen LogP contribution < -0.4 is 10.2 Å². The summed E-state index contributed by atoms with van der Waals surface area (Å²) < 4.78 is 0. The molecular weight excluding hydrogens is 278 g/mol. The van der Waals surface area contributed by atoms with E-state index in [0.29, 0.717) is 0 Å². The number of aromatic nitrogens is 1. The fourth-order valence-corrected chi connectivity index (χ4v) is 4.11. The summed E-state index contributed by atoms with van der Waals surface area (Å²) in [6, 6.07) is 9.02. The van der Waals surface area contributed by atoms with Crippen LogP contribution in [0.3, 0.4) is 0 Å². The molecule has 1 aliphatic carbocycles. The van der Waals surface area contributed by atoms with Crippen molar-refractivity contribution >= 4 is 17.0 Å². The number of nitrogens with one attached hydrogen (secondary N) is 1. The molecule has 0 aliphatic heterocycles. The average Bonchev–Trinajstić information content (AvgIpc) is 3.06. The summed E-state index contributed by atoms with van der Waals surface area (Å²) in [5.74, 6) is 0. The molecule has 4 heteroatoms. The Bertz CT molecular complexity index is 579. The topological polar surface area (TPSA) is 28.2 Å². The zero-order chi connectivity index (χ0) is 14.8. The molecule has 0 bridgehead atoms.